The predicted octanol–water partition coefficient (Wildman–Crippen LogP) is 2.23. The summed E-state index contributed by atoms with van der Waals surface area (Å²) >= 11 is 0. The number of rotatable bonds is 20. The van der Waals surface area contributed by atoms with E-state index in [9.17, 15) is 0 Å². The average molecular weight is 463 g/mol. The Kier molecular flexibility index (Phi) is 16.2. The maximum atomic E-state index is 6.41. The van der Waals surface area contributed by atoms with Crippen LogP contribution in [0.1, 0.15) is 68.9 Å². The molecular weight excluding hydrogens is 412 g/mol. The van der Waals surface area contributed by atoms with E-state index < -0.39 is 0 Å². The number of hydrogen-bond acceptors (Lipinski definition) is 7. The second-order valence-electron chi connectivity index (χ2n) is 9.21. The van der Waals surface area contributed by atoms with Crippen molar-refractivity contribution < 1.29 is 4.74 Å². The van der Waals surface area contributed by atoms with Crippen molar-refractivity contribution >= 4 is 0 Å². The molecule has 2 rings (SSSR count). The van der Waals surface area contributed by atoms with Gasteiger partial charge in [0.25, 0.3) is 0 Å². The fraction of sp³-hybridized carbons (Fsp3) is 0.769. The Hall–Kier alpha value is -1.22. The Bertz CT molecular complexity index is 556. The van der Waals surface area contributed by atoms with E-state index in [0.717, 1.165) is 96.9 Å². The van der Waals surface area contributed by atoms with Crippen molar-refractivity contribution in [1.29, 1.82) is 0 Å². The van der Waals surface area contributed by atoms with E-state index in [4.69, 9.17) is 16.2 Å². The van der Waals surface area contributed by atoms with Crippen molar-refractivity contribution in [3.05, 3.63) is 29.3 Å². The van der Waals surface area contributed by atoms with Gasteiger partial charge in [-0.25, -0.2) is 0 Å². The largest absolute Gasteiger partial charge is 0.490 e. The fourth-order valence-corrected chi connectivity index (χ4v) is 4.22. The summed E-state index contributed by atoms with van der Waals surface area (Å²) in [4.78, 5) is 0. The van der Waals surface area contributed by atoms with Gasteiger partial charge in [-0.3, -0.25) is 0 Å². The fourth-order valence-electron chi connectivity index (χ4n) is 4.22. The Labute approximate surface area is 202 Å². The molecule has 1 aliphatic rings. The molecule has 0 aliphatic heterocycles. The van der Waals surface area contributed by atoms with Crippen LogP contribution in [0.25, 0.3) is 0 Å². The summed E-state index contributed by atoms with van der Waals surface area (Å²) < 4.78 is 6.41. The molecule has 7 heteroatoms. The zero-order valence-electron chi connectivity index (χ0n) is 20.8. The molecular formula is C26H50N6O. The summed E-state index contributed by atoms with van der Waals surface area (Å²) in [6.07, 6.45) is 11.0. The van der Waals surface area contributed by atoms with Gasteiger partial charge in [0.05, 0.1) is 6.10 Å². The quantitative estimate of drug-likeness (QED) is 0.165. The third kappa shape index (κ3) is 13.9. The van der Waals surface area contributed by atoms with Crippen molar-refractivity contribution in [3.8, 4) is 5.75 Å². The number of nitrogens with one attached hydrogen (secondary N) is 4. The van der Waals surface area contributed by atoms with Gasteiger partial charge in [-0.2, -0.15) is 0 Å². The molecule has 8 N–H and O–H groups in total. The molecule has 1 aliphatic carbocycles. The first-order chi connectivity index (χ1) is 16.3. The molecule has 0 bridgehead atoms. The maximum Gasteiger partial charge on any atom is 0.120 e. The summed E-state index contributed by atoms with van der Waals surface area (Å²) in [5.74, 6) is 1.03. The van der Waals surface area contributed by atoms with Crippen LogP contribution in [0.4, 0.5) is 0 Å². The lowest BCUT2D eigenvalue weighted by Crippen LogP contribution is -2.24. The van der Waals surface area contributed by atoms with E-state index in [1.54, 1.807) is 0 Å². The molecule has 0 aromatic heterocycles. The lowest BCUT2D eigenvalue weighted by Gasteiger charge is -2.24. The van der Waals surface area contributed by atoms with Gasteiger partial charge in [-0.05, 0) is 127 Å². The van der Waals surface area contributed by atoms with E-state index in [1.807, 2.05) is 0 Å². The third-order valence-electron chi connectivity index (χ3n) is 6.07. The van der Waals surface area contributed by atoms with E-state index in [-0.39, 0.29) is 0 Å². The van der Waals surface area contributed by atoms with Crippen LogP contribution in [0.3, 0.4) is 0 Å². The average Bonchev–Trinajstić information content (AvgIpc) is 2.83. The van der Waals surface area contributed by atoms with Crippen LogP contribution in [-0.2, 0) is 13.1 Å². The highest BCUT2D eigenvalue weighted by Crippen LogP contribution is 2.25. The van der Waals surface area contributed by atoms with Crippen LogP contribution in [0, 0.1) is 0 Å². The van der Waals surface area contributed by atoms with E-state index in [2.05, 4.69) is 39.5 Å². The molecule has 1 fully saturated rings. The highest BCUT2D eigenvalue weighted by molar-refractivity contribution is 5.35. The lowest BCUT2D eigenvalue weighted by atomic mass is 9.97. The molecule has 1 aromatic carbocycles. The van der Waals surface area contributed by atoms with Gasteiger partial charge < -0.3 is 37.5 Å². The zero-order valence-corrected chi connectivity index (χ0v) is 20.8. The molecule has 190 valence electrons. The highest BCUT2D eigenvalue weighted by Gasteiger charge is 2.15. The van der Waals surface area contributed by atoms with Crippen molar-refractivity contribution in [2.75, 3.05) is 52.4 Å². The summed E-state index contributed by atoms with van der Waals surface area (Å²) in [7, 11) is 0. The van der Waals surface area contributed by atoms with Crippen LogP contribution in [0.2, 0.25) is 0 Å². The van der Waals surface area contributed by atoms with Crippen molar-refractivity contribution in [3.63, 3.8) is 0 Å². The molecule has 0 atom stereocenters. The minimum atomic E-state index is 0.377. The standard InChI is InChI=1S/C26H50N6O/c27-10-4-12-29-14-6-16-31-21-23-18-24(22-32-17-7-15-30-13-5-11-28)20-26(19-23)33-25-8-2-1-3-9-25/h18-20,25,29-32H,1-17,21-22,27-28H2. The first kappa shape index (κ1) is 28.0. The molecule has 0 unspecified atom stereocenters. The first-order valence-corrected chi connectivity index (χ1v) is 13.3. The smallest absolute Gasteiger partial charge is 0.120 e. The molecule has 0 radical (unpaired) electrons. The van der Waals surface area contributed by atoms with Crippen LogP contribution < -0.4 is 37.5 Å². The maximum absolute atomic E-state index is 6.41. The normalized spacial score (nSPS) is 14.6. The number of nitrogens with two attached hydrogens (primary N) is 2. The van der Waals surface area contributed by atoms with Gasteiger partial charge >= 0.3 is 0 Å². The second kappa shape index (κ2) is 19.1. The predicted molar refractivity (Wildman–Crippen MR) is 140 cm³/mol. The zero-order chi connectivity index (χ0) is 23.4. The Morgan fingerprint density at radius 3 is 1.64 bits per heavy atom. The molecule has 1 saturated carbocycles. The Balaban J connectivity index is 1.77. The molecule has 0 saturated heterocycles. The number of ether oxygens (including phenoxy) is 1. The topological polar surface area (TPSA) is 109 Å². The van der Waals surface area contributed by atoms with Gasteiger partial charge in [0.15, 0.2) is 0 Å². The van der Waals surface area contributed by atoms with Crippen molar-refractivity contribution in [2.24, 2.45) is 11.5 Å². The summed E-state index contributed by atoms with van der Waals surface area (Å²) in [5, 5.41) is 14.1. The van der Waals surface area contributed by atoms with Gasteiger partial charge in [-0.1, -0.05) is 12.5 Å². The highest BCUT2D eigenvalue weighted by atomic mass is 16.5. The summed E-state index contributed by atoms with van der Waals surface area (Å²) in [6, 6.07) is 6.77. The van der Waals surface area contributed by atoms with Gasteiger partial charge in [0.1, 0.15) is 5.75 Å². The lowest BCUT2D eigenvalue weighted by molar-refractivity contribution is 0.154. The Morgan fingerprint density at radius 2 is 1.12 bits per heavy atom. The SMILES string of the molecule is NCCCNCCCNCc1cc(CNCCCNCCCN)cc(OC2CCCCC2)c1. The van der Waals surface area contributed by atoms with Gasteiger partial charge in [0.2, 0.25) is 0 Å². The summed E-state index contributed by atoms with van der Waals surface area (Å²) in [6.45, 7) is 9.38. The van der Waals surface area contributed by atoms with Crippen molar-refractivity contribution in [2.45, 2.75) is 77.0 Å². The molecule has 7 nitrogen and oxygen atoms in total. The Morgan fingerprint density at radius 1 is 0.636 bits per heavy atom. The molecule has 0 spiro atoms. The second-order valence-corrected chi connectivity index (χ2v) is 9.21. The van der Waals surface area contributed by atoms with Crippen LogP contribution in [0.15, 0.2) is 18.2 Å². The molecule has 1 aromatic rings. The van der Waals surface area contributed by atoms with Crippen LogP contribution >= 0.6 is 0 Å². The monoisotopic (exact) mass is 462 g/mol. The molecule has 33 heavy (non-hydrogen) atoms. The third-order valence-corrected chi connectivity index (χ3v) is 6.07. The first-order valence-electron chi connectivity index (χ1n) is 13.3. The minimum absolute atomic E-state index is 0.377. The number of benzene rings is 1. The van der Waals surface area contributed by atoms with Gasteiger partial charge in [-0.15, -0.1) is 0 Å². The van der Waals surface area contributed by atoms with Crippen LogP contribution in [0.5, 0.6) is 5.75 Å². The van der Waals surface area contributed by atoms with E-state index >= 15 is 0 Å². The number of hydrogen-bond donors (Lipinski definition) is 6. The summed E-state index contributed by atoms with van der Waals surface area (Å²) in [5.41, 5.74) is 13.7. The van der Waals surface area contributed by atoms with Crippen molar-refractivity contribution in [1.82, 2.24) is 21.3 Å². The van der Waals surface area contributed by atoms with Gasteiger partial charge in [0, 0.05) is 13.1 Å². The molecule has 0 heterocycles. The molecule has 0 amide bonds. The van der Waals surface area contributed by atoms with E-state index in [0.29, 0.717) is 6.10 Å². The van der Waals surface area contributed by atoms with E-state index in [1.165, 1.54) is 43.2 Å². The van der Waals surface area contributed by atoms with Crippen LogP contribution in [-0.4, -0.2) is 58.5 Å². The minimum Gasteiger partial charge on any atom is -0.490 e.